The highest BCUT2D eigenvalue weighted by atomic mass is 79.9. The van der Waals surface area contributed by atoms with Gasteiger partial charge in [-0.1, -0.05) is 35.0 Å². The summed E-state index contributed by atoms with van der Waals surface area (Å²) >= 11 is 3.35. The number of rotatable bonds is 5. The molecule has 0 spiro atoms. The number of aliphatic hydroxyl groups is 1. The third-order valence-electron chi connectivity index (χ3n) is 2.29. The molecule has 0 aliphatic heterocycles. The van der Waals surface area contributed by atoms with Crippen molar-refractivity contribution < 1.29 is 9.90 Å². The van der Waals surface area contributed by atoms with E-state index in [1.165, 1.54) is 0 Å². The van der Waals surface area contributed by atoms with Gasteiger partial charge in [-0.05, 0) is 23.6 Å². The van der Waals surface area contributed by atoms with Crippen molar-refractivity contribution in [1.82, 2.24) is 5.32 Å². The molecule has 0 radical (unpaired) electrons. The number of amides is 1. The SMILES string of the molecule is CC(CO)CNC(=O)c1ccc(CBr)cc1. The average molecular weight is 286 g/mol. The molecule has 0 saturated carbocycles. The van der Waals surface area contributed by atoms with Crippen LogP contribution in [0, 0.1) is 5.92 Å². The van der Waals surface area contributed by atoms with E-state index in [1.807, 2.05) is 19.1 Å². The molecule has 16 heavy (non-hydrogen) atoms. The summed E-state index contributed by atoms with van der Waals surface area (Å²) in [7, 11) is 0. The maximum atomic E-state index is 11.7. The van der Waals surface area contributed by atoms with Gasteiger partial charge in [-0.2, -0.15) is 0 Å². The molecule has 0 aliphatic carbocycles. The van der Waals surface area contributed by atoms with Crippen LogP contribution in [-0.2, 0) is 5.33 Å². The largest absolute Gasteiger partial charge is 0.396 e. The lowest BCUT2D eigenvalue weighted by molar-refractivity contribution is 0.0942. The van der Waals surface area contributed by atoms with E-state index in [4.69, 9.17) is 5.11 Å². The molecular weight excluding hydrogens is 270 g/mol. The number of benzene rings is 1. The van der Waals surface area contributed by atoms with E-state index in [0.717, 1.165) is 10.9 Å². The Bertz CT molecular complexity index is 337. The zero-order valence-electron chi connectivity index (χ0n) is 9.24. The van der Waals surface area contributed by atoms with Gasteiger partial charge in [-0.25, -0.2) is 0 Å². The maximum Gasteiger partial charge on any atom is 0.251 e. The smallest absolute Gasteiger partial charge is 0.251 e. The monoisotopic (exact) mass is 285 g/mol. The number of hydrogen-bond acceptors (Lipinski definition) is 2. The summed E-state index contributed by atoms with van der Waals surface area (Å²) in [5.41, 5.74) is 1.79. The highest BCUT2D eigenvalue weighted by Crippen LogP contribution is 2.07. The lowest BCUT2D eigenvalue weighted by Crippen LogP contribution is -2.29. The number of halogens is 1. The Balaban J connectivity index is 2.52. The van der Waals surface area contributed by atoms with Crippen LogP contribution in [0.15, 0.2) is 24.3 Å². The number of carbonyl (C=O) groups is 1. The Hall–Kier alpha value is -0.870. The van der Waals surface area contributed by atoms with Gasteiger partial charge in [0.15, 0.2) is 0 Å². The van der Waals surface area contributed by atoms with Crippen molar-refractivity contribution in [2.45, 2.75) is 12.3 Å². The van der Waals surface area contributed by atoms with Gasteiger partial charge >= 0.3 is 0 Å². The van der Waals surface area contributed by atoms with Crippen LogP contribution in [0.5, 0.6) is 0 Å². The van der Waals surface area contributed by atoms with Crippen LogP contribution >= 0.6 is 15.9 Å². The van der Waals surface area contributed by atoms with Crippen molar-refractivity contribution in [3.63, 3.8) is 0 Å². The summed E-state index contributed by atoms with van der Waals surface area (Å²) in [4.78, 5) is 11.7. The quantitative estimate of drug-likeness (QED) is 0.813. The van der Waals surface area contributed by atoms with Crippen molar-refractivity contribution in [1.29, 1.82) is 0 Å². The molecule has 88 valence electrons. The third kappa shape index (κ3) is 3.94. The molecule has 1 amide bonds. The van der Waals surface area contributed by atoms with Crippen molar-refractivity contribution in [3.05, 3.63) is 35.4 Å². The van der Waals surface area contributed by atoms with Gasteiger partial charge in [0, 0.05) is 24.0 Å². The number of carbonyl (C=O) groups excluding carboxylic acids is 1. The molecule has 1 unspecified atom stereocenters. The molecular formula is C12H16BrNO2. The first-order valence-corrected chi connectivity index (χ1v) is 6.33. The molecule has 1 aromatic carbocycles. The van der Waals surface area contributed by atoms with E-state index in [-0.39, 0.29) is 18.4 Å². The van der Waals surface area contributed by atoms with Gasteiger partial charge in [-0.3, -0.25) is 4.79 Å². The minimum Gasteiger partial charge on any atom is -0.396 e. The Morgan fingerprint density at radius 1 is 1.44 bits per heavy atom. The second-order valence-corrected chi connectivity index (χ2v) is 4.39. The van der Waals surface area contributed by atoms with Gasteiger partial charge in [0.2, 0.25) is 0 Å². The molecule has 0 aromatic heterocycles. The lowest BCUT2D eigenvalue weighted by Gasteiger charge is -2.09. The van der Waals surface area contributed by atoms with Gasteiger partial charge in [0.05, 0.1) is 0 Å². The predicted molar refractivity (Wildman–Crippen MR) is 67.7 cm³/mol. The van der Waals surface area contributed by atoms with Crippen molar-refractivity contribution >= 4 is 21.8 Å². The third-order valence-corrected chi connectivity index (χ3v) is 2.94. The van der Waals surface area contributed by atoms with E-state index in [2.05, 4.69) is 21.2 Å². The first-order valence-electron chi connectivity index (χ1n) is 5.21. The Morgan fingerprint density at radius 3 is 2.56 bits per heavy atom. The zero-order chi connectivity index (χ0) is 12.0. The number of nitrogens with one attached hydrogen (secondary N) is 1. The van der Waals surface area contributed by atoms with Gasteiger partial charge in [0.25, 0.3) is 5.91 Å². The fraction of sp³-hybridized carbons (Fsp3) is 0.417. The minimum absolute atomic E-state index is 0.0861. The van der Waals surface area contributed by atoms with Crippen LogP contribution < -0.4 is 5.32 Å². The lowest BCUT2D eigenvalue weighted by atomic mass is 10.1. The van der Waals surface area contributed by atoms with Gasteiger partial charge in [0.1, 0.15) is 0 Å². The summed E-state index contributed by atoms with van der Waals surface area (Å²) in [6.45, 7) is 2.46. The van der Waals surface area contributed by atoms with Crippen LogP contribution in [0.1, 0.15) is 22.8 Å². The molecule has 0 saturated heterocycles. The summed E-state index contributed by atoms with van der Waals surface area (Å²) in [6, 6.07) is 7.43. The van der Waals surface area contributed by atoms with Crippen molar-refractivity contribution in [2.24, 2.45) is 5.92 Å². The van der Waals surface area contributed by atoms with Crippen LogP contribution in [0.25, 0.3) is 0 Å². The molecule has 0 fully saturated rings. The van der Waals surface area contributed by atoms with E-state index in [9.17, 15) is 4.79 Å². The second kappa shape index (κ2) is 6.66. The highest BCUT2D eigenvalue weighted by molar-refractivity contribution is 9.08. The molecule has 0 heterocycles. The summed E-state index contributed by atoms with van der Waals surface area (Å²) < 4.78 is 0. The zero-order valence-corrected chi connectivity index (χ0v) is 10.8. The number of aliphatic hydroxyl groups excluding tert-OH is 1. The molecule has 2 N–H and O–H groups in total. The van der Waals surface area contributed by atoms with Crippen molar-refractivity contribution in [2.75, 3.05) is 13.2 Å². The van der Waals surface area contributed by atoms with Crippen LogP contribution in [0.4, 0.5) is 0 Å². The maximum absolute atomic E-state index is 11.7. The van der Waals surface area contributed by atoms with E-state index in [1.54, 1.807) is 12.1 Å². The molecule has 0 aliphatic rings. The van der Waals surface area contributed by atoms with Crippen LogP contribution in [0.3, 0.4) is 0 Å². The number of hydrogen-bond donors (Lipinski definition) is 2. The van der Waals surface area contributed by atoms with E-state index in [0.29, 0.717) is 12.1 Å². The predicted octanol–water partition coefficient (Wildman–Crippen LogP) is 1.94. The van der Waals surface area contributed by atoms with Crippen LogP contribution in [-0.4, -0.2) is 24.2 Å². The first-order chi connectivity index (χ1) is 7.67. The minimum atomic E-state index is -0.0959. The average Bonchev–Trinajstić information content (AvgIpc) is 2.35. The summed E-state index contributed by atoms with van der Waals surface area (Å²) in [6.07, 6.45) is 0. The Kier molecular flexibility index (Phi) is 5.49. The highest BCUT2D eigenvalue weighted by Gasteiger charge is 2.06. The van der Waals surface area contributed by atoms with E-state index < -0.39 is 0 Å². The fourth-order valence-electron chi connectivity index (χ4n) is 1.18. The first kappa shape index (κ1) is 13.2. The standard InChI is InChI=1S/C12H16BrNO2/c1-9(8-15)7-14-12(16)11-4-2-10(6-13)3-5-11/h2-5,9,15H,6-8H2,1H3,(H,14,16). The molecule has 4 heteroatoms. The van der Waals surface area contributed by atoms with Gasteiger partial charge < -0.3 is 10.4 Å². The normalized spacial score (nSPS) is 12.2. The Morgan fingerprint density at radius 2 is 2.06 bits per heavy atom. The molecule has 3 nitrogen and oxygen atoms in total. The fourth-order valence-corrected chi connectivity index (χ4v) is 1.55. The summed E-state index contributed by atoms with van der Waals surface area (Å²) in [5.74, 6) is -0.00723. The van der Waals surface area contributed by atoms with Crippen LogP contribution in [0.2, 0.25) is 0 Å². The number of alkyl halides is 1. The second-order valence-electron chi connectivity index (χ2n) is 3.83. The molecule has 1 rings (SSSR count). The van der Waals surface area contributed by atoms with Crippen molar-refractivity contribution in [3.8, 4) is 0 Å². The Labute approximate surface area is 104 Å². The molecule has 1 aromatic rings. The molecule has 1 atom stereocenters. The summed E-state index contributed by atoms with van der Waals surface area (Å²) in [5, 5.41) is 12.4. The topological polar surface area (TPSA) is 49.3 Å². The van der Waals surface area contributed by atoms with E-state index >= 15 is 0 Å². The van der Waals surface area contributed by atoms with Gasteiger partial charge in [-0.15, -0.1) is 0 Å². The molecule has 0 bridgehead atoms.